The third-order valence-corrected chi connectivity index (χ3v) is 8.24. The van der Waals surface area contributed by atoms with Crippen molar-refractivity contribution in [3.63, 3.8) is 0 Å². The number of aryl methyl sites for hydroxylation is 1. The van der Waals surface area contributed by atoms with Gasteiger partial charge in [0.25, 0.3) is 5.91 Å². The highest BCUT2D eigenvalue weighted by atomic mass is 32.2. The van der Waals surface area contributed by atoms with Crippen molar-refractivity contribution in [1.29, 1.82) is 0 Å². The molecule has 1 aliphatic carbocycles. The smallest absolute Gasteiger partial charge is 0.407 e. The van der Waals surface area contributed by atoms with Crippen LogP contribution in [0.5, 0.6) is 0 Å². The molecule has 2 aromatic rings. The van der Waals surface area contributed by atoms with E-state index in [0.717, 1.165) is 36.4 Å². The Morgan fingerprint density at radius 2 is 1.97 bits per heavy atom. The van der Waals surface area contributed by atoms with Crippen LogP contribution < -0.4 is 5.32 Å². The number of thioether (sulfide) groups is 1. The minimum Gasteiger partial charge on any atom is -0.465 e. The second-order valence-electron chi connectivity index (χ2n) is 9.50. The third kappa shape index (κ3) is 6.87. The van der Waals surface area contributed by atoms with Gasteiger partial charge in [-0.1, -0.05) is 68.3 Å². The molecular weight excluding hydrogens is 464 g/mol. The average Bonchev–Trinajstić information content (AvgIpc) is 3.24. The predicted octanol–water partition coefficient (Wildman–Crippen LogP) is 4.67. The number of nitrogens with zero attached hydrogens (tertiary/aromatic N) is 3. The minimum absolute atomic E-state index is 0.229. The van der Waals surface area contributed by atoms with Crippen LogP contribution in [0.25, 0.3) is 0 Å². The number of carbonyl (C=O) groups is 3. The Bertz CT molecular complexity index is 1010. The molecular formula is C26H36N4O4S. The van der Waals surface area contributed by atoms with E-state index in [1.807, 2.05) is 62.0 Å². The molecule has 2 atom stereocenters. The van der Waals surface area contributed by atoms with E-state index in [1.165, 1.54) is 4.90 Å². The molecule has 1 fully saturated rings. The van der Waals surface area contributed by atoms with Crippen LogP contribution in [0.2, 0.25) is 0 Å². The van der Waals surface area contributed by atoms with E-state index in [1.54, 1.807) is 18.0 Å². The number of amides is 2. The number of imidazole rings is 1. The van der Waals surface area contributed by atoms with E-state index in [0.29, 0.717) is 18.6 Å². The summed E-state index contributed by atoms with van der Waals surface area (Å²) < 4.78 is 1.94. The molecule has 3 rings (SSSR count). The first-order valence-electron chi connectivity index (χ1n) is 12.3. The molecule has 9 heteroatoms. The molecule has 2 amide bonds. The van der Waals surface area contributed by atoms with E-state index in [2.05, 4.69) is 10.3 Å². The molecule has 0 bridgehead atoms. The summed E-state index contributed by atoms with van der Waals surface area (Å²) in [7, 11) is 1.93. The fourth-order valence-electron chi connectivity index (χ4n) is 4.48. The van der Waals surface area contributed by atoms with Gasteiger partial charge < -0.3 is 15.0 Å². The molecule has 0 unspecified atom stereocenters. The van der Waals surface area contributed by atoms with E-state index in [-0.39, 0.29) is 18.0 Å². The van der Waals surface area contributed by atoms with Crippen LogP contribution in [-0.4, -0.2) is 55.7 Å². The molecule has 1 aromatic carbocycles. The number of rotatable bonds is 13. The highest BCUT2D eigenvalue weighted by molar-refractivity contribution is 7.99. The lowest BCUT2D eigenvalue weighted by atomic mass is 9.69. The molecule has 190 valence electrons. The average molecular weight is 501 g/mol. The van der Waals surface area contributed by atoms with E-state index >= 15 is 0 Å². The second-order valence-corrected chi connectivity index (χ2v) is 10.4. The van der Waals surface area contributed by atoms with E-state index in [9.17, 15) is 19.5 Å². The number of ketones is 1. The van der Waals surface area contributed by atoms with Crippen molar-refractivity contribution in [2.24, 2.45) is 12.5 Å². The summed E-state index contributed by atoms with van der Waals surface area (Å²) >= 11 is 1.61. The summed E-state index contributed by atoms with van der Waals surface area (Å²) in [6, 6.07) is 8.04. The fraction of sp³-hybridized carbons (Fsp3) is 0.538. The van der Waals surface area contributed by atoms with Crippen LogP contribution in [0.1, 0.15) is 64.0 Å². The van der Waals surface area contributed by atoms with Crippen LogP contribution >= 0.6 is 11.8 Å². The number of hydrogen-bond acceptors (Lipinski definition) is 5. The topological polar surface area (TPSA) is 105 Å². The molecule has 1 saturated carbocycles. The molecule has 8 nitrogen and oxygen atoms in total. The van der Waals surface area contributed by atoms with Gasteiger partial charge in [-0.15, -0.1) is 0 Å². The van der Waals surface area contributed by atoms with Gasteiger partial charge in [0.2, 0.25) is 5.78 Å². The summed E-state index contributed by atoms with van der Waals surface area (Å²) in [5.74, 6) is -0.707. The zero-order valence-electron chi connectivity index (χ0n) is 20.8. The molecule has 0 aliphatic heterocycles. The van der Waals surface area contributed by atoms with Crippen LogP contribution in [-0.2, 0) is 16.6 Å². The van der Waals surface area contributed by atoms with Gasteiger partial charge in [-0.25, -0.2) is 9.78 Å². The number of hydrogen-bond donors (Lipinski definition) is 2. The molecule has 1 aromatic heterocycles. The van der Waals surface area contributed by atoms with Crippen molar-refractivity contribution >= 4 is 29.5 Å². The Morgan fingerprint density at radius 3 is 2.51 bits per heavy atom. The lowest BCUT2D eigenvalue weighted by molar-refractivity contribution is -0.141. The van der Waals surface area contributed by atoms with Crippen molar-refractivity contribution in [1.82, 2.24) is 19.8 Å². The number of nitrogens with one attached hydrogen (secondary N) is 1. The van der Waals surface area contributed by atoms with Gasteiger partial charge in [0, 0.05) is 31.7 Å². The number of unbranched alkanes of at least 4 members (excludes halogenated alkanes) is 1. The predicted molar refractivity (Wildman–Crippen MR) is 136 cm³/mol. The number of benzene rings is 1. The standard InChI is InChI=1S/C26H36N4O4S/c1-4-5-12-21(22(31)23(32)28-19(2)20-10-7-6-8-11-20)30(25(33)34)17-26(13-9-14-26)18-35-24-27-15-16-29(24)3/h6-8,10-11,15-16,19,21H,4-5,9,12-14,17-18H2,1-3H3,(H,28,32)(H,33,34)/t19-,21+/m1/s1. The van der Waals surface area contributed by atoms with Crippen LogP contribution in [0.4, 0.5) is 4.79 Å². The quantitative estimate of drug-likeness (QED) is 0.306. The highest BCUT2D eigenvalue weighted by Gasteiger charge is 2.43. The van der Waals surface area contributed by atoms with Crippen molar-refractivity contribution < 1.29 is 19.5 Å². The lowest BCUT2D eigenvalue weighted by Crippen LogP contribution is -2.55. The zero-order chi connectivity index (χ0) is 25.4. The van der Waals surface area contributed by atoms with Gasteiger partial charge in [-0.05, 0) is 37.2 Å². The summed E-state index contributed by atoms with van der Waals surface area (Å²) in [6.07, 6.45) is 7.07. The Hall–Kier alpha value is -2.81. The molecule has 0 radical (unpaired) electrons. The summed E-state index contributed by atoms with van der Waals surface area (Å²) in [4.78, 5) is 44.2. The van der Waals surface area contributed by atoms with Crippen molar-refractivity contribution in [2.75, 3.05) is 12.3 Å². The first-order valence-corrected chi connectivity index (χ1v) is 13.2. The van der Waals surface area contributed by atoms with Crippen LogP contribution in [0, 0.1) is 5.41 Å². The Morgan fingerprint density at radius 1 is 1.26 bits per heavy atom. The number of carbonyl (C=O) groups excluding carboxylic acids is 2. The summed E-state index contributed by atoms with van der Waals surface area (Å²) in [6.45, 7) is 4.04. The fourth-order valence-corrected chi connectivity index (χ4v) is 5.69. The highest BCUT2D eigenvalue weighted by Crippen LogP contribution is 2.45. The van der Waals surface area contributed by atoms with Crippen molar-refractivity contribution in [2.45, 2.75) is 69.6 Å². The minimum atomic E-state index is -1.16. The van der Waals surface area contributed by atoms with E-state index < -0.39 is 23.8 Å². The molecule has 0 spiro atoms. The second kappa shape index (κ2) is 12.2. The normalized spacial score (nSPS) is 16.1. The summed E-state index contributed by atoms with van der Waals surface area (Å²) in [5.41, 5.74) is 0.654. The third-order valence-electron chi connectivity index (χ3n) is 6.83. The maximum atomic E-state index is 13.3. The number of aromatic nitrogens is 2. The molecule has 1 aliphatic rings. The monoisotopic (exact) mass is 500 g/mol. The summed E-state index contributed by atoms with van der Waals surface area (Å²) in [5, 5.41) is 13.8. The van der Waals surface area contributed by atoms with Gasteiger partial charge in [-0.2, -0.15) is 0 Å². The maximum absolute atomic E-state index is 13.3. The zero-order valence-corrected chi connectivity index (χ0v) is 21.6. The molecule has 1 heterocycles. The van der Waals surface area contributed by atoms with Gasteiger partial charge in [0.1, 0.15) is 6.04 Å². The van der Waals surface area contributed by atoms with Crippen LogP contribution in [0.3, 0.4) is 0 Å². The lowest BCUT2D eigenvalue weighted by Gasteiger charge is -2.45. The largest absolute Gasteiger partial charge is 0.465 e. The molecule has 0 saturated heterocycles. The number of carboxylic acid groups (broad SMARTS) is 1. The molecule has 2 N–H and O–H groups in total. The van der Waals surface area contributed by atoms with Gasteiger partial charge in [0.15, 0.2) is 5.16 Å². The van der Waals surface area contributed by atoms with E-state index in [4.69, 9.17) is 0 Å². The van der Waals surface area contributed by atoms with Crippen molar-refractivity contribution in [3.8, 4) is 0 Å². The SMILES string of the molecule is CCCC[C@@H](C(=O)C(=O)N[C@H](C)c1ccccc1)N(CC1(CSc2nccn2C)CCC1)C(=O)O. The Labute approximate surface area is 211 Å². The first-order chi connectivity index (χ1) is 16.8. The van der Waals surface area contributed by atoms with Gasteiger partial charge >= 0.3 is 6.09 Å². The van der Waals surface area contributed by atoms with Crippen molar-refractivity contribution in [3.05, 3.63) is 48.3 Å². The van der Waals surface area contributed by atoms with Crippen LogP contribution in [0.15, 0.2) is 47.9 Å². The first kappa shape index (κ1) is 26.8. The maximum Gasteiger partial charge on any atom is 0.407 e. The molecule has 35 heavy (non-hydrogen) atoms. The Balaban J connectivity index is 1.74. The Kier molecular flexibility index (Phi) is 9.37. The van der Waals surface area contributed by atoms with Gasteiger partial charge in [0.05, 0.1) is 6.04 Å². The number of Topliss-reactive ketones (excluding diaryl/α,β-unsaturated/α-hetero) is 1. The van der Waals surface area contributed by atoms with Gasteiger partial charge in [-0.3, -0.25) is 14.5 Å².